The zero-order valence-electron chi connectivity index (χ0n) is 44.7. The van der Waals surface area contributed by atoms with Gasteiger partial charge in [-0.3, -0.25) is 14.6 Å². The van der Waals surface area contributed by atoms with Crippen LogP contribution in [0.2, 0.25) is 0 Å². The van der Waals surface area contributed by atoms with Gasteiger partial charge in [-0.25, -0.2) is 22.5 Å². The molecule has 0 bridgehead atoms. The van der Waals surface area contributed by atoms with Crippen LogP contribution >= 0.6 is 0 Å². The number of sulfonamides is 1. The molecule has 1 spiro atoms. The molecule has 412 valence electrons. The van der Waals surface area contributed by atoms with Crippen LogP contribution in [0.25, 0.3) is 11.0 Å². The number of carbonyl (C=O) groups excluding carboxylic acids is 1. The van der Waals surface area contributed by atoms with Crippen molar-refractivity contribution >= 4 is 44.0 Å². The number of hydrogen-bond donors (Lipinski definition) is 4. The van der Waals surface area contributed by atoms with E-state index in [1.807, 2.05) is 30.0 Å². The predicted molar refractivity (Wildman–Crippen MR) is 296 cm³/mol. The summed E-state index contributed by atoms with van der Waals surface area (Å²) in [7, 11) is -3.15. The fourth-order valence-electron chi connectivity index (χ4n) is 12.6. The highest BCUT2D eigenvalue weighted by molar-refractivity contribution is 7.90. The monoisotopic (exact) mass is 1080 g/mol. The van der Waals surface area contributed by atoms with Crippen molar-refractivity contribution in [1.29, 1.82) is 0 Å². The Morgan fingerprint density at radius 3 is 2.42 bits per heavy atom. The molecule has 0 unspecified atom stereocenters. The number of piperidine rings is 1. The van der Waals surface area contributed by atoms with Crippen molar-refractivity contribution in [1.82, 2.24) is 24.5 Å². The second-order valence-electron chi connectivity index (χ2n) is 22.6. The normalized spacial score (nSPS) is 21.8. The molecule has 5 aliphatic rings. The lowest BCUT2D eigenvalue weighted by Crippen LogP contribution is -2.60. The molecule has 1 atom stereocenters. The first kappa shape index (κ1) is 53.2. The Morgan fingerprint density at radius 1 is 0.949 bits per heavy atom. The smallest absolute Gasteiger partial charge is 0.268 e. The summed E-state index contributed by atoms with van der Waals surface area (Å²) in [5.74, 6) is -0.565. The second-order valence-corrected chi connectivity index (χ2v) is 24.3. The summed E-state index contributed by atoms with van der Waals surface area (Å²) < 4.78 is 71.1. The van der Waals surface area contributed by atoms with Crippen molar-refractivity contribution in [3.05, 3.63) is 124 Å². The van der Waals surface area contributed by atoms with E-state index >= 15 is 4.39 Å². The first-order valence-electron chi connectivity index (χ1n) is 27.3. The van der Waals surface area contributed by atoms with Gasteiger partial charge in [0.25, 0.3) is 15.9 Å². The summed E-state index contributed by atoms with van der Waals surface area (Å²) in [6.45, 7) is 11.7. The Bertz CT molecular complexity index is 3290. The number of methoxy groups -OCH3 is 1. The maximum atomic E-state index is 16.8. The number of nitrogens with one attached hydrogen (secondary N) is 3. The summed E-state index contributed by atoms with van der Waals surface area (Å²) in [6, 6.07) is 24.9. The van der Waals surface area contributed by atoms with Crippen LogP contribution in [0, 0.1) is 22.1 Å². The van der Waals surface area contributed by atoms with Gasteiger partial charge in [-0.05, 0) is 134 Å². The van der Waals surface area contributed by atoms with Crippen LogP contribution in [-0.4, -0.2) is 110 Å². The summed E-state index contributed by atoms with van der Waals surface area (Å²) in [5.41, 5.74) is 3.76. The average Bonchev–Trinajstić information content (AvgIpc) is 3.94. The van der Waals surface area contributed by atoms with Crippen LogP contribution in [-0.2, 0) is 16.6 Å². The minimum Gasteiger partial charge on any atom is -0.497 e. The molecule has 5 heterocycles. The quantitative estimate of drug-likeness (QED) is 0.0667. The average molecular weight is 1090 g/mol. The number of carbonyl (C=O) groups is 1. The van der Waals surface area contributed by atoms with Gasteiger partial charge < -0.3 is 39.3 Å². The molecule has 0 radical (unpaired) electrons. The Hall–Kier alpha value is -6.80. The minimum atomic E-state index is -4.84. The number of aromatic amines is 1. The first-order chi connectivity index (χ1) is 37.6. The van der Waals surface area contributed by atoms with E-state index in [9.17, 15) is 23.2 Å². The van der Waals surface area contributed by atoms with Crippen LogP contribution in [0.3, 0.4) is 0 Å². The maximum absolute atomic E-state index is 16.8. The number of benzene rings is 4. The second kappa shape index (κ2) is 21.8. The number of halogens is 1. The fourth-order valence-corrected chi connectivity index (χ4v) is 13.7. The van der Waals surface area contributed by atoms with E-state index < -0.39 is 32.2 Å². The molecular formula is C59H69FN8O9S. The maximum Gasteiger partial charge on any atom is 0.268 e. The Balaban J connectivity index is 0.814. The number of hydrogen-bond acceptors (Lipinski definition) is 15. The number of ether oxygens (including phenoxy) is 4. The highest BCUT2D eigenvalue weighted by atomic mass is 32.2. The van der Waals surface area contributed by atoms with Crippen LogP contribution in [0.4, 0.5) is 21.5 Å². The third-order valence-electron chi connectivity index (χ3n) is 17.0. The lowest BCUT2D eigenvalue weighted by atomic mass is 9.59. The molecule has 3 aliphatic heterocycles. The zero-order valence-corrected chi connectivity index (χ0v) is 45.5. The zero-order chi connectivity index (χ0) is 54.3. The van der Waals surface area contributed by atoms with Crippen LogP contribution in [0.1, 0.15) is 111 Å². The van der Waals surface area contributed by atoms with Crippen molar-refractivity contribution in [3.8, 4) is 28.7 Å². The van der Waals surface area contributed by atoms with E-state index in [0.29, 0.717) is 50.1 Å². The molecule has 4 aromatic carbocycles. The van der Waals surface area contributed by atoms with Gasteiger partial charge in [0, 0.05) is 75.5 Å². The van der Waals surface area contributed by atoms with Gasteiger partial charge in [0.1, 0.15) is 58.2 Å². The Kier molecular flexibility index (Phi) is 14.9. The van der Waals surface area contributed by atoms with Crippen molar-refractivity contribution in [2.24, 2.45) is 16.5 Å². The largest absolute Gasteiger partial charge is 0.497 e. The van der Waals surface area contributed by atoms with Gasteiger partial charge in [-0.1, -0.05) is 50.2 Å². The molecule has 4 fully saturated rings. The molecule has 1 amide bonds. The summed E-state index contributed by atoms with van der Waals surface area (Å²) >= 11 is 0. The Labute approximate surface area is 454 Å². The van der Waals surface area contributed by atoms with Crippen LogP contribution in [0.5, 0.6) is 28.7 Å². The number of amides is 1. The van der Waals surface area contributed by atoms with E-state index in [1.54, 1.807) is 19.4 Å². The minimum absolute atomic E-state index is 0.00520. The summed E-state index contributed by atoms with van der Waals surface area (Å²) in [4.78, 5) is 41.0. The van der Waals surface area contributed by atoms with Gasteiger partial charge in [-0.15, -0.1) is 4.91 Å². The van der Waals surface area contributed by atoms with Crippen molar-refractivity contribution in [2.45, 2.75) is 107 Å². The Morgan fingerprint density at radius 2 is 1.69 bits per heavy atom. The van der Waals surface area contributed by atoms with Crippen LogP contribution in [0.15, 0.2) is 101 Å². The number of nitroso groups, excluding NO2 is 1. The van der Waals surface area contributed by atoms with Crippen molar-refractivity contribution in [2.75, 3.05) is 69.8 Å². The summed E-state index contributed by atoms with van der Waals surface area (Å²) in [5, 5.41) is 17.6. The fraction of sp³-hybridized carbons (Fsp3) is 0.458. The lowest BCUT2D eigenvalue weighted by molar-refractivity contribution is -0.0628. The number of H-pyrrole nitrogens is 1. The number of anilines is 2. The van der Waals surface area contributed by atoms with E-state index in [4.69, 9.17) is 18.9 Å². The van der Waals surface area contributed by atoms with Crippen LogP contribution < -0.4 is 33.9 Å². The van der Waals surface area contributed by atoms with Gasteiger partial charge in [-0.2, -0.15) is 0 Å². The van der Waals surface area contributed by atoms with E-state index in [-0.39, 0.29) is 76.2 Å². The van der Waals surface area contributed by atoms with Gasteiger partial charge in [0.15, 0.2) is 11.5 Å². The predicted octanol–water partition coefficient (Wildman–Crippen LogP) is 10.6. The number of aromatic nitrogens is 2. The summed E-state index contributed by atoms with van der Waals surface area (Å²) in [6.07, 6.45) is 9.73. The number of aliphatic hydroxyl groups is 1. The molecule has 17 nitrogen and oxygen atoms in total. The van der Waals surface area contributed by atoms with Gasteiger partial charge in [0.05, 0.1) is 30.2 Å². The van der Waals surface area contributed by atoms with Crippen molar-refractivity contribution in [3.63, 3.8) is 0 Å². The standard InChI is InChI=1S/C59H69FN8O9S/c1-37(2)44-7-5-6-8-45(44)50-36-66(35-39-9-11-42(74-4)12-10-39)23-24-68(50)41-31-59(32-41)18-21-67(22-19-59)49-30-51(77-43-27-40-15-20-61-56(40)63-34-43)46(28-47(49)60)57(69)65-78(72,73)52-29-48(64-71)53(55-54(52)75-25-26-76-55)62-33-38-13-16-58(3,70)17-14-38/h5-12,15,20,27-30,34,37-38,41,50,62,70H,13-14,16-19,21-26,31-33,35-36H2,1-4H3,(H,61,63)(H,65,69)/t38-,50-,58-/m0/s1. The first-order valence-corrected chi connectivity index (χ1v) is 28.8. The van der Waals surface area contributed by atoms with E-state index in [0.717, 1.165) is 88.0 Å². The number of pyridine rings is 1. The topological polar surface area (TPSA) is 200 Å². The van der Waals surface area contributed by atoms with Crippen molar-refractivity contribution < 1.29 is 41.7 Å². The molecule has 2 saturated heterocycles. The molecule has 6 aromatic rings. The van der Waals surface area contributed by atoms with Gasteiger partial charge >= 0.3 is 0 Å². The molecule has 2 saturated carbocycles. The third-order valence-corrected chi connectivity index (χ3v) is 18.4. The highest BCUT2D eigenvalue weighted by Crippen LogP contribution is 2.54. The number of nitrogens with zero attached hydrogens (tertiary/aromatic N) is 5. The number of rotatable bonds is 16. The van der Waals surface area contributed by atoms with E-state index in [2.05, 4.69) is 85.2 Å². The highest BCUT2D eigenvalue weighted by Gasteiger charge is 2.50. The lowest BCUT2D eigenvalue weighted by Gasteiger charge is -2.58. The molecule has 4 N–H and O–H groups in total. The van der Waals surface area contributed by atoms with E-state index in [1.165, 1.54) is 29.0 Å². The van der Waals surface area contributed by atoms with Gasteiger partial charge in [0.2, 0.25) is 0 Å². The molecular weight excluding hydrogens is 1020 g/mol. The molecule has 19 heteroatoms. The molecule has 2 aliphatic carbocycles. The molecule has 11 rings (SSSR count). The molecule has 78 heavy (non-hydrogen) atoms. The number of fused-ring (bicyclic) bond motifs is 2. The molecule has 2 aromatic heterocycles. The number of piperazine rings is 1. The third kappa shape index (κ3) is 11.0. The SMILES string of the molecule is COc1ccc(CN2CCN(C3CC4(CCN(c5cc(Oc6cnc7[nH]ccc7c6)c(C(=O)NS(=O)(=O)c6cc(N=O)c(NC[C@H]7CC[C@](C)(O)CC7)c7c6OCCO7)cc5F)CC4)C3)[C@H](c3ccccc3C(C)C)C2)cc1.